The van der Waals surface area contributed by atoms with Crippen LogP contribution in [0.4, 0.5) is 0 Å². The molecule has 1 aromatic heterocycles. The summed E-state index contributed by atoms with van der Waals surface area (Å²) >= 11 is 1.40. The van der Waals surface area contributed by atoms with E-state index in [0.29, 0.717) is 6.54 Å². The standard InChI is InChI=1S/C19H18N2O2S/c1-23-18(22)14-24-19-20-16-11-5-6-12-17(16)21(19)13-7-10-15-8-3-2-4-9-15/h2-12H,13-14H2,1H3/b10-7+. The van der Waals surface area contributed by atoms with Gasteiger partial charge in [0.05, 0.1) is 23.9 Å². The lowest BCUT2D eigenvalue weighted by atomic mass is 10.2. The Kier molecular flexibility index (Phi) is 5.33. The molecule has 5 heteroatoms. The molecule has 0 saturated carbocycles. The van der Waals surface area contributed by atoms with Gasteiger partial charge in [-0.2, -0.15) is 0 Å². The Morgan fingerprint density at radius 3 is 2.71 bits per heavy atom. The Bertz CT molecular complexity index is 856. The zero-order valence-corrected chi connectivity index (χ0v) is 14.2. The number of hydrogen-bond acceptors (Lipinski definition) is 4. The van der Waals surface area contributed by atoms with Crippen LogP contribution in [0.3, 0.4) is 0 Å². The van der Waals surface area contributed by atoms with Crippen molar-refractivity contribution in [3.63, 3.8) is 0 Å². The summed E-state index contributed by atoms with van der Waals surface area (Å²) in [6.45, 7) is 0.693. The van der Waals surface area contributed by atoms with Crippen molar-refractivity contribution in [3.05, 3.63) is 66.2 Å². The number of para-hydroxylation sites is 2. The number of aromatic nitrogens is 2. The van der Waals surface area contributed by atoms with Gasteiger partial charge in [-0.15, -0.1) is 0 Å². The number of ether oxygens (including phenoxy) is 1. The first kappa shape index (κ1) is 16.3. The summed E-state index contributed by atoms with van der Waals surface area (Å²) in [7, 11) is 1.40. The lowest BCUT2D eigenvalue weighted by Gasteiger charge is -2.05. The molecule has 0 aliphatic heterocycles. The molecule has 0 aliphatic rings. The van der Waals surface area contributed by atoms with Crippen LogP contribution in [0.15, 0.2) is 65.8 Å². The Balaban J connectivity index is 1.84. The number of carbonyl (C=O) groups excluding carboxylic acids is 1. The lowest BCUT2D eigenvalue weighted by molar-refractivity contribution is -0.137. The van der Waals surface area contributed by atoms with Crippen molar-refractivity contribution in [2.24, 2.45) is 0 Å². The second-order valence-corrected chi connectivity index (χ2v) is 6.11. The molecule has 3 aromatic rings. The number of methoxy groups -OCH3 is 1. The SMILES string of the molecule is COC(=O)CSc1nc2ccccc2n1C/C=C/c1ccccc1. The molecule has 0 aliphatic carbocycles. The van der Waals surface area contributed by atoms with Gasteiger partial charge in [0.1, 0.15) is 0 Å². The van der Waals surface area contributed by atoms with E-state index in [9.17, 15) is 4.79 Å². The number of carbonyl (C=O) groups is 1. The van der Waals surface area contributed by atoms with E-state index in [2.05, 4.69) is 33.8 Å². The third kappa shape index (κ3) is 3.86. The average molecular weight is 338 g/mol. The molecule has 4 nitrogen and oxygen atoms in total. The highest BCUT2D eigenvalue weighted by molar-refractivity contribution is 7.99. The van der Waals surface area contributed by atoms with Gasteiger partial charge in [0.2, 0.25) is 0 Å². The first-order valence-corrected chi connectivity index (χ1v) is 8.63. The van der Waals surface area contributed by atoms with E-state index in [-0.39, 0.29) is 11.7 Å². The molecule has 0 radical (unpaired) electrons. The van der Waals surface area contributed by atoms with Crippen molar-refractivity contribution in [1.29, 1.82) is 0 Å². The number of hydrogen-bond donors (Lipinski definition) is 0. The largest absolute Gasteiger partial charge is 0.468 e. The predicted molar refractivity (Wildman–Crippen MR) is 97.9 cm³/mol. The molecular weight excluding hydrogens is 320 g/mol. The van der Waals surface area contributed by atoms with E-state index < -0.39 is 0 Å². The number of imidazole rings is 1. The monoisotopic (exact) mass is 338 g/mol. The van der Waals surface area contributed by atoms with E-state index >= 15 is 0 Å². The van der Waals surface area contributed by atoms with Crippen molar-refractivity contribution in [3.8, 4) is 0 Å². The maximum absolute atomic E-state index is 11.4. The summed E-state index contributed by atoms with van der Waals surface area (Å²) in [5.41, 5.74) is 3.14. The summed E-state index contributed by atoms with van der Waals surface area (Å²) in [6.07, 6.45) is 4.19. The van der Waals surface area contributed by atoms with Crippen LogP contribution in [0.5, 0.6) is 0 Å². The molecular formula is C19H18N2O2S. The van der Waals surface area contributed by atoms with Gasteiger partial charge in [-0.25, -0.2) is 4.98 Å². The van der Waals surface area contributed by atoms with Crippen molar-refractivity contribution >= 4 is 34.8 Å². The fourth-order valence-electron chi connectivity index (χ4n) is 2.38. The van der Waals surface area contributed by atoms with Gasteiger partial charge in [-0.3, -0.25) is 4.79 Å². The Labute approximate surface area is 145 Å². The second-order valence-electron chi connectivity index (χ2n) is 5.17. The predicted octanol–water partition coefficient (Wildman–Crippen LogP) is 4.01. The summed E-state index contributed by atoms with van der Waals surface area (Å²) in [5.74, 6) is 0.000754. The van der Waals surface area contributed by atoms with Crippen LogP contribution in [0.1, 0.15) is 5.56 Å². The van der Waals surface area contributed by atoms with E-state index in [1.165, 1.54) is 18.9 Å². The summed E-state index contributed by atoms with van der Waals surface area (Å²) in [6, 6.07) is 18.2. The van der Waals surface area contributed by atoms with Gasteiger partial charge in [0.25, 0.3) is 0 Å². The minimum absolute atomic E-state index is 0.251. The fraction of sp³-hybridized carbons (Fsp3) is 0.158. The van der Waals surface area contributed by atoms with Gasteiger partial charge < -0.3 is 9.30 Å². The molecule has 122 valence electrons. The molecule has 0 saturated heterocycles. The average Bonchev–Trinajstić information content (AvgIpc) is 2.98. The molecule has 0 spiro atoms. The molecule has 0 N–H and O–H groups in total. The molecule has 0 unspecified atom stereocenters. The van der Waals surface area contributed by atoms with E-state index in [4.69, 9.17) is 4.74 Å². The van der Waals surface area contributed by atoms with Crippen LogP contribution in [-0.4, -0.2) is 28.4 Å². The minimum Gasteiger partial charge on any atom is -0.468 e. The van der Waals surface area contributed by atoms with Crippen molar-refractivity contribution in [2.45, 2.75) is 11.7 Å². The number of rotatable bonds is 6. The Hall–Kier alpha value is -2.53. The van der Waals surface area contributed by atoms with Crippen LogP contribution in [-0.2, 0) is 16.1 Å². The van der Waals surface area contributed by atoms with Crippen LogP contribution in [0.2, 0.25) is 0 Å². The zero-order chi connectivity index (χ0) is 16.8. The number of allylic oxidation sites excluding steroid dienone is 1. The fourth-order valence-corrected chi connectivity index (χ4v) is 3.24. The number of thioether (sulfide) groups is 1. The first-order chi connectivity index (χ1) is 11.8. The topological polar surface area (TPSA) is 44.1 Å². The number of esters is 1. The van der Waals surface area contributed by atoms with E-state index in [1.807, 2.05) is 42.5 Å². The Morgan fingerprint density at radius 1 is 1.17 bits per heavy atom. The highest BCUT2D eigenvalue weighted by atomic mass is 32.2. The maximum Gasteiger partial charge on any atom is 0.316 e. The number of benzene rings is 2. The molecule has 24 heavy (non-hydrogen) atoms. The smallest absolute Gasteiger partial charge is 0.316 e. The molecule has 1 heterocycles. The number of nitrogens with zero attached hydrogens (tertiary/aromatic N) is 2. The van der Waals surface area contributed by atoms with Crippen molar-refractivity contribution in [1.82, 2.24) is 9.55 Å². The summed E-state index contributed by atoms with van der Waals surface area (Å²) < 4.78 is 6.83. The van der Waals surface area contributed by atoms with Crippen LogP contribution in [0, 0.1) is 0 Å². The second kappa shape index (κ2) is 7.84. The molecule has 0 fully saturated rings. The van der Waals surface area contributed by atoms with Gasteiger partial charge in [-0.05, 0) is 17.7 Å². The molecule has 3 rings (SSSR count). The first-order valence-electron chi connectivity index (χ1n) is 7.64. The van der Waals surface area contributed by atoms with Gasteiger partial charge in [-0.1, -0.05) is 66.4 Å². The normalized spacial score (nSPS) is 11.2. The summed E-state index contributed by atoms with van der Waals surface area (Å²) in [4.78, 5) is 16.0. The third-order valence-corrected chi connectivity index (χ3v) is 4.51. The van der Waals surface area contributed by atoms with E-state index in [0.717, 1.165) is 21.8 Å². The Morgan fingerprint density at radius 2 is 1.92 bits per heavy atom. The van der Waals surface area contributed by atoms with E-state index in [1.54, 1.807) is 0 Å². The van der Waals surface area contributed by atoms with Crippen molar-refractivity contribution in [2.75, 3.05) is 12.9 Å². The lowest BCUT2D eigenvalue weighted by Crippen LogP contribution is -2.05. The van der Waals surface area contributed by atoms with Gasteiger partial charge in [0.15, 0.2) is 5.16 Å². The van der Waals surface area contributed by atoms with Crippen molar-refractivity contribution < 1.29 is 9.53 Å². The van der Waals surface area contributed by atoms with Crippen LogP contribution < -0.4 is 0 Å². The highest BCUT2D eigenvalue weighted by Crippen LogP contribution is 2.24. The summed E-state index contributed by atoms with van der Waals surface area (Å²) in [5, 5.41) is 0.819. The number of fused-ring (bicyclic) bond motifs is 1. The zero-order valence-electron chi connectivity index (χ0n) is 13.4. The molecule has 0 atom stereocenters. The van der Waals surface area contributed by atoms with Gasteiger partial charge >= 0.3 is 5.97 Å². The van der Waals surface area contributed by atoms with Crippen LogP contribution >= 0.6 is 11.8 Å². The quantitative estimate of drug-likeness (QED) is 0.503. The molecule has 2 aromatic carbocycles. The highest BCUT2D eigenvalue weighted by Gasteiger charge is 2.12. The third-order valence-electron chi connectivity index (χ3n) is 3.56. The van der Waals surface area contributed by atoms with Crippen LogP contribution in [0.25, 0.3) is 17.1 Å². The molecule has 0 amide bonds. The minimum atomic E-state index is -0.251. The maximum atomic E-state index is 11.4. The van der Waals surface area contributed by atoms with Gasteiger partial charge in [0, 0.05) is 6.54 Å². The molecule has 0 bridgehead atoms.